The number of esters is 4. The first-order valence-corrected chi connectivity index (χ1v) is 22.9. The fourth-order valence-electron chi connectivity index (χ4n) is 4.79. The molecule has 3 radical (unpaired) electrons. The van der Waals surface area contributed by atoms with Crippen molar-refractivity contribution in [2.24, 2.45) is 17.2 Å². The summed E-state index contributed by atoms with van der Waals surface area (Å²) in [5.41, 5.74) is 19.0. The molecule has 19 nitrogen and oxygen atoms in total. The molecule has 11 N–H and O–H groups in total. The molecule has 0 aliphatic heterocycles. The standard InChI is InChI=1S/C10H9ClO4.C9H8ClNO3.C9H7ClO4.C8H8ClNO2.C8H10ClNO.C2H6S.CH4O.B.Na.H2O/c1-14-9(12)6-3-7(10(13)15-2)5-8(11)4-6;2*1-14-9(13)6-2-5(8(11)12)3-7(10)4-6;9-7-2-5(4-11)1-6(3-7)8(10)12;9-8-2-6(4-10)1-7(3-8)5-11;1-3-2;1-2;;;/h3-5H,1-2H3;2-4H,1H3,(H2,11,12);2-4H,1H3,(H,11,12);1-3,11H,4H2,(H2,10,12);1-3,11H,4-5,10H2;1-2H3;2H,1H3;;;1H2/q;;;;;;;;+1;/p-1. The van der Waals surface area contributed by atoms with Crippen molar-refractivity contribution in [1.29, 1.82) is 0 Å². The van der Waals surface area contributed by atoms with Crippen LogP contribution in [-0.2, 0) is 38.7 Å². The van der Waals surface area contributed by atoms with Crippen LogP contribution in [0.1, 0.15) is 89.2 Å². The van der Waals surface area contributed by atoms with Gasteiger partial charge in [0, 0.05) is 58.3 Å². The van der Waals surface area contributed by atoms with Crippen LogP contribution >= 0.6 is 69.8 Å². The van der Waals surface area contributed by atoms with Crippen LogP contribution < -0.4 is 46.8 Å². The minimum Gasteiger partial charge on any atom is -0.870 e. The van der Waals surface area contributed by atoms with Crippen molar-refractivity contribution in [2.45, 2.75) is 19.8 Å². The van der Waals surface area contributed by atoms with Crippen LogP contribution in [0.3, 0.4) is 0 Å². The van der Waals surface area contributed by atoms with Gasteiger partial charge in [-0.1, -0.05) is 64.1 Å². The average Bonchev–Trinajstić information content (AvgIpc) is 3.35. The van der Waals surface area contributed by atoms with Gasteiger partial charge in [0.15, 0.2) is 0 Å². The number of ether oxygens (including phenoxy) is 4. The molecule has 74 heavy (non-hydrogen) atoms. The number of carbonyl (C=O) groups excluding carboxylic acids is 6. The number of halogens is 5. The maximum atomic E-state index is 11.2. The van der Waals surface area contributed by atoms with E-state index in [1.54, 1.807) is 30.0 Å². The number of methoxy groups -OCH3 is 4. The molecule has 27 heteroatoms. The molecule has 0 spiro atoms. The van der Waals surface area contributed by atoms with Gasteiger partial charge in [0.25, 0.3) is 0 Å². The number of aliphatic hydroxyl groups excluding tert-OH is 3. The largest absolute Gasteiger partial charge is 1.00 e. The molecule has 0 atom stereocenters. The average molecular weight is 1160 g/mol. The fourth-order valence-corrected chi connectivity index (χ4v) is 6.03. The van der Waals surface area contributed by atoms with Crippen LogP contribution in [0.2, 0.25) is 25.1 Å². The third-order valence-corrected chi connectivity index (χ3v) is 8.86. The summed E-state index contributed by atoms with van der Waals surface area (Å²) >= 11 is 30.2. The second kappa shape index (κ2) is 43.3. The summed E-state index contributed by atoms with van der Waals surface area (Å²) in [6.07, 6.45) is 4.08. The van der Waals surface area contributed by atoms with Gasteiger partial charge in [-0.25, -0.2) is 24.0 Å². The minimum atomic E-state index is -1.14. The summed E-state index contributed by atoms with van der Waals surface area (Å²) in [6.45, 7) is 0.307. The number of hydrogen-bond donors (Lipinski definition) is 7. The molecule has 0 aromatic heterocycles. The Labute approximate surface area is 481 Å². The van der Waals surface area contributed by atoms with E-state index in [1.807, 2.05) is 18.6 Å². The van der Waals surface area contributed by atoms with Crippen molar-refractivity contribution in [3.05, 3.63) is 172 Å². The number of rotatable bonds is 10. The van der Waals surface area contributed by atoms with Crippen molar-refractivity contribution in [1.82, 2.24) is 0 Å². The van der Waals surface area contributed by atoms with Gasteiger partial charge in [-0.15, -0.1) is 0 Å². The summed E-state index contributed by atoms with van der Waals surface area (Å²) in [7, 11) is 5.96. The van der Waals surface area contributed by atoms with Gasteiger partial charge >= 0.3 is 59.4 Å². The van der Waals surface area contributed by atoms with Crippen LogP contribution in [0, 0.1) is 0 Å². The Kier molecular flexibility index (Phi) is 45.6. The molecule has 0 bridgehead atoms. The van der Waals surface area contributed by atoms with Crippen molar-refractivity contribution in [2.75, 3.05) is 48.1 Å². The zero-order valence-corrected chi connectivity index (χ0v) is 47.7. The van der Waals surface area contributed by atoms with Gasteiger partial charge in [0.2, 0.25) is 11.8 Å². The molecular weight excluding hydrogens is 1110 g/mol. The molecule has 397 valence electrons. The van der Waals surface area contributed by atoms with E-state index in [4.69, 9.17) is 95.6 Å². The maximum absolute atomic E-state index is 11.2. The number of thioether (sulfide) groups is 1. The van der Waals surface area contributed by atoms with E-state index in [0.29, 0.717) is 27.7 Å². The van der Waals surface area contributed by atoms with Gasteiger partial charge < -0.3 is 62.1 Å². The molecule has 0 unspecified atom stereocenters. The van der Waals surface area contributed by atoms with E-state index in [-0.39, 0.29) is 105 Å². The second-order valence-electron chi connectivity index (χ2n) is 12.9. The van der Waals surface area contributed by atoms with E-state index in [2.05, 4.69) is 18.9 Å². The van der Waals surface area contributed by atoms with Gasteiger partial charge in [-0.3, -0.25) is 9.59 Å². The number of nitrogens with two attached hydrogens (primary N) is 3. The Balaban J connectivity index is -0.000000260. The Hall–Kier alpha value is -4.95. The molecule has 0 fully saturated rings. The number of amides is 2. The van der Waals surface area contributed by atoms with Gasteiger partial charge in [-0.2, -0.15) is 11.8 Å². The topological polar surface area (TPSA) is 345 Å². The summed E-state index contributed by atoms with van der Waals surface area (Å²) in [5.74, 6) is -4.61. The number of primary amides is 2. The SMILES string of the molecule is CO.COC(=O)c1cc(Cl)cc(C(=O)O)c1.COC(=O)c1cc(Cl)cc(C(=O)OC)c1.COC(=O)c1cc(Cl)cc(C(N)=O)c1.CSC.NC(=O)c1cc(Cl)cc(CO)c1.NCc1cc(Cl)cc(CO)c1.[B].[Na+].[OH-]. The van der Waals surface area contributed by atoms with Crippen LogP contribution in [0.15, 0.2) is 91.0 Å². The van der Waals surface area contributed by atoms with E-state index >= 15 is 0 Å². The third-order valence-electron chi connectivity index (χ3n) is 7.77. The van der Waals surface area contributed by atoms with E-state index in [0.717, 1.165) is 18.2 Å². The monoisotopic (exact) mass is 1160 g/mol. The number of carboxylic acids is 1. The maximum Gasteiger partial charge on any atom is 1.00 e. The van der Waals surface area contributed by atoms with Crippen molar-refractivity contribution < 1.29 is 108 Å². The summed E-state index contributed by atoms with van der Waals surface area (Å²) in [5, 5.41) is 35.0. The number of aromatic carboxylic acids is 1. The van der Waals surface area contributed by atoms with E-state index in [1.165, 1.54) is 95.2 Å². The third kappa shape index (κ3) is 31.1. The van der Waals surface area contributed by atoms with Crippen LogP contribution in [0.5, 0.6) is 0 Å². The number of hydrogen-bond acceptors (Lipinski definition) is 17. The van der Waals surface area contributed by atoms with Gasteiger partial charge in [0.05, 0.1) is 69.5 Å². The Morgan fingerprint density at radius 2 is 0.689 bits per heavy atom. The Morgan fingerprint density at radius 1 is 0.459 bits per heavy atom. The predicted octanol–water partition coefficient (Wildman–Crippen LogP) is 4.22. The van der Waals surface area contributed by atoms with Crippen LogP contribution in [-0.4, -0.2) is 124 Å². The second-order valence-corrected chi connectivity index (χ2v) is 15.9. The van der Waals surface area contributed by atoms with Crippen LogP contribution in [0.25, 0.3) is 0 Å². The number of aliphatic hydroxyl groups is 3. The molecule has 5 aromatic carbocycles. The molecule has 0 aliphatic carbocycles. The number of carboxylic acid groups (broad SMARTS) is 1. The number of benzene rings is 5. The quantitative estimate of drug-likeness (QED) is 0.0585. The zero-order chi connectivity index (χ0) is 55.0. The first kappa shape index (κ1) is 77.9. The molecule has 2 amide bonds. The Morgan fingerprint density at radius 3 is 0.973 bits per heavy atom. The molecule has 0 aliphatic rings. The van der Waals surface area contributed by atoms with Crippen molar-refractivity contribution in [3.8, 4) is 0 Å². The first-order valence-electron chi connectivity index (χ1n) is 19.4. The summed E-state index contributed by atoms with van der Waals surface area (Å²) in [4.78, 5) is 76.7. The molecule has 0 saturated carbocycles. The van der Waals surface area contributed by atoms with Crippen molar-refractivity contribution in [3.63, 3.8) is 0 Å². The molecule has 5 rings (SSSR count). The smallest absolute Gasteiger partial charge is 0.870 e. The molecule has 0 saturated heterocycles. The fraction of sp³-hybridized carbons (Fsp3) is 0.213. The summed E-state index contributed by atoms with van der Waals surface area (Å²) in [6, 6.07) is 22.0. The van der Waals surface area contributed by atoms with Crippen molar-refractivity contribution >= 4 is 120 Å². The van der Waals surface area contributed by atoms with E-state index < -0.39 is 41.7 Å². The molecule has 0 heterocycles. The van der Waals surface area contributed by atoms with E-state index in [9.17, 15) is 33.6 Å². The van der Waals surface area contributed by atoms with Gasteiger partial charge in [0.1, 0.15) is 0 Å². The predicted molar refractivity (Wildman–Crippen MR) is 282 cm³/mol. The van der Waals surface area contributed by atoms with Crippen LogP contribution in [0.4, 0.5) is 0 Å². The minimum absolute atomic E-state index is 0. The normalized spacial score (nSPS) is 8.97. The first-order chi connectivity index (χ1) is 33.5. The Bertz CT molecular complexity index is 2450. The zero-order valence-electron chi connectivity index (χ0n) is 41.1. The molecule has 5 aromatic rings. The summed E-state index contributed by atoms with van der Waals surface area (Å²) < 4.78 is 17.9. The molecular formula is C47H53BCl5N3NaO16S. The number of carbonyl (C=O) groups is 7. The van der Waals surface area contributed by atoms with Gasteiger partial charge in [-0.05, 0) is 114 Å².